The first kappa shape index (κ1) is 12.1. The third-order valence-electron chi connectivity index (χ3n) is 2.26. The average Bonchev–Trinajstić information content (AvgIpc) is 2.75. The molecule has 0 fully saturated rings. The van der Waals surface area contributed by atoms with Crippen LogP contribution in [0.5, 0.6) is 0 Å². The molecule has 0 saturated heterocycles. The Balaban J connectivity index is 1.97. The molecule has 0 aliphatic carbocycles. The number of nitrogens with zero attached hydrogens (tertiary/aromatic N) is 2. The molecule has 1 aromatic carbocycles. The van der Waals surface area contributed by atoms with Crippen LogP contribution >= 0.6 is 11.8 Å². The van der Waals surface area contributed by atoms with Crippen LogP contribution in [0.15, 0.2) is 33.9 Å². The number of hydrogen-bond donors (Lipinski definition) is 1. The zero-order valence-corrected chi connectivity index (χ0v) is 10.7. The normalized spacial score (nSPS) is 12.6. The Morgan fingerprint density at radius 2 is 2.24 bits per heavy atom. The number of benzene rings is 1. The van der Waals surface area contributed by atoms with Gasteiger partial charge in [-0.05, 0) is 19.4 Å². The lowest BCUT2D eigenvalue weighted by molar-refractivity contribution is 0.394. The van der Waals surface area contributed by atoms with E-state index in [1.54, 1.807) is 0 Å². The maximum Gasteiger partial charge on any atom is 0.276 e. The highest BCUT2D eigenvalue weighted by atomic mass is 32.2. The van der Waals surface area contributed by atoms with E-state index < -0.39 is 0 Å². The summed E-state index contributed by atoms with van der Waals surface area (Å²) in [5.74, 6) is 1.30. The summed E-state index contributed by atoms with van der Waals surface area (Å²) in [6.45, 7) is 3.90. The number of aromatic nitrogens is 2. The molecule has 0 spiro atoms. The Morgan fingerprint density at radius 1 is 1.41 bits per heavy atom. The van der Waals surface area contributed by atoms with Crippen LogP contribution in [0.2, 0.25) is 0 Å². The van der Waals surface area contributed by atoms with Crippen molar-refractivity contribution in [1.82, 2.24) is 10.2 Å². The van der Waals surface area contributed by atoms with Gasteiger partial charge in [0.2, 0.25) is 5.89 Å². The van der Waals surface area contributed by atoms with Crippen molar-refractivity contribution in [2.45, 2.75) is 30.9 Å². The second-order valence-corrected chi connectivity index (χ2v) is 4.90. The number of thioether (sulfide) groups is 1. The highest BCUT2D eigenvalue weighted by Crippen LogP contribution is 2.22. The molecule has 0 amide bonds. The standard InChI is InChI=1S/C12H15N3OS/c1-8-4-3-5-10(6-8)7-17-12-15-14-11(16-12)9(2)13/h3-6,9H,7,13H2,1-2H3/t9-/m0/s1. The molecule has 17 heavy (non-hydrogen) atoms. The van der Waals surface area contributed by atoms with Crippen molar-refractivity contribution in [2.75, 3.05) is 0 Å². The van der Waals surface area contributed by atoms with E-state index in [2.05, 4.69) is 35.3 Å². The van der Waals surface area contributed by atoms with Gasteiger partial charge in [-0.25, -0.2) is 0 Å². The van der Waals surface area contributed by atoms with Crippen LogP contribution in [0.25, 0.3) is 0 Å². The van der Waals surface area contributed by atoms with Crippen molar-refractivity contribution in [2.24, 2.45) is 5.73 Å². The molecular formula is C12H15N3OS. The quantitative estimate of drug-likeness (QED) is 0.844. The summed E-state index contributed by atoms with van der Waals surface area (Å²) >= 11 is 1.52. The zero-order chi connectivity index (χ0) is 12.3. The SMILES string of the molecule is Cc1cccc(CSc2nnc([C@H](C)N)o2)c1. The van der Waals surface area contributed by atoms with Gasteiger partial charge >= 0.3 is 0 Å². The Labute approximate surface area is 105 Å². The van der Waals surface area contributed by atoms with E-state index in [1.807, 2.05) is 13.0 Å². The first-order valence-electron chi connectivity index (χ1n) is 5.42. The smallest absolute Gasteiger partial charge is 0.276 e. The summed E-state index contributed by atoms with van der Waals surface area (Å²) in [6, 6.07) is 8.15. The van der Waals surface area contributed by atoms with Crippen LogP contribution in [0.3, 0.4) is 0 Å². The van der Waals surface area contributed by atoms with Crippen molar-refractivity contribution < 1.29 is 4.42 Å². The van der Waals surface area contributed by atoms with Gasteiger partial charge in [0, 0.05) is 5.75 Å². The molecule has 0 radical (unpaired) electrons. The minimum absolute atomic E-state index is 0.212. The predicted octanol–water partition coefficient (Wildman–Crippen LogP) is 2.69. The Bertz CT molecular complexity index is 496. The molecule has 0 bridgehead atoms. The molecule has 0 saturated carbocycles. The summed E-state index contributed by atoms with van der Waals surface area (Å²) in [7, 11) is 0. The van der Waals surface area contributed by atoms with Crippen LogP contribution in [0.1, 0.15) is 30.0 Å². The van der Waals surface area contributed by atoms with E-state index >= 15 is 0 Å². The Morgan fingerprint density at radius 3 is 2.88 bits per heavy atom. The molecule has 5 heteroatoms. The number of hydrogen-bond acceptors (Lipinski definition) is 5. The second kappa shape index (κ2) is 5.33. The van der Waals surface area contributed by atoms with Crippen molar-refractivity contribution in [3.63, 3.8) is 0 Å². The van der Waals surface area contributed by atoms with Gasteiger partial charge < -0.3 is 10.2 Å². The molecule has 1 heterocycles. The third-order valence-corrected chi connectivity index (χ3v) is 3.15. The van der Waals surface area contributed by atoms with Gasteiger partial charge in [-0.3, -0.25) is 0 Å². The van der Waals surface area contributed by atoms with Gasteiger partial charge in [0.05, 0.1) is 6.04 Å². The number of aryl methyl sites for hydroxylation is 1. The average molecular weight is 249 g/mol. The van der Waals surface area contributed by atoms with E-state index in [4.69, 9.17) is 10.2 Å². The third kappa shape index (κ3) is 3.31. The predicted molar refractivity (Wildman–Crippen MR) is 67.6 cm³/mol. The fourth-order valence-electron chi connectivity index (χ4n) is 1.41. The fourth-order valence-corrected chi connectivity index (χ4v) is 2.12. The van der Waals surface area contributed by atoms with Gasteiger partial charge in [-0.1, -0.05) is 41.6 Å². The molecule has 1 aromatic heterocycles. The zero-order valence-electron chi connectivity index (χ0n) is 9.88. The first-order chi connectivity index (χ1) is 8.15. The van der Waals surface area contributed by atoms with Gasteiger partial charge in [0.15, 0.2) is 0 Å². The minimum Gasteiger partial charge on any atom is -0.414 e. The lowest BCUT2D eigenvalue weighted by atomic mass is 10.2. The van der Waals surface area contributed by atoms with Gasteiger partial charge in [0.25, 0.3) is 5.22 Å². The Hall–Kier alpha value is -1.33. The van der Waals surface area contributed by atoms with Gasteiger partial charge in [0.1, 0.15) is 0 Å². The van der Waals surface area contributed by atoms with Crippen LogP contribution in [-0.2, 0) is 5.75 Å². The molecular weight excluding hydrogens is 234 g/mol. The van der Waals surface area contributed by atoms with E-state index in [0.29, 0.717) is 11.1 Å². The van der Waals surface area contributed by atoms with Crippen LogP contribution in [0, 0.1) is 6.92 Å². The maximum atomic E-state index is 5.65. The topological polar surface area (TPSA) is 64.9 Å². The van der Waals surface area contributed by atoms with Crippen LogP contribution in [-0.4, -0.2) is 10.2 Å². The van der Waals surface area contributed by atoms with Crippen LogP contribution < -0.4 is 5.73 Å². The molecule has 0 aliphatic heterocycles. The molecule has 0 unspecified atom stereocenters. The molecule has 2 aromatic rings. The van der Waals surface area contributed by atoms with Crippen LogP contribution in [0.4, 0.5) is 0 Å². The lowest BCUT2D eigenvalue weighted by Crippen LogP contribution is -2.04. The monoisotopic (exact) mass is 249 g/mol. The Kier molecular flexibility index (Phi) is 3.81. The van der Waals surface area contributed by atoms with E-state index in [-0.39, 0.29) is 6.04 Å². The highest BCUT2D eigenvalue weighted by molar-refractivity contribution is 7.98. The summed E-state index contributed by atoms with van der Waals surface area (Å²) in [4.78, 5) is 0. The van der Waals surface area contributed by atoms with Crippen molar-refractivity contribution >= 4 is 11.8 Å². The van der Waals surface area contributed by atoms with E-state index in [9.17, 15) is 0 Å². The largest absolute Gasteiger partial charge is 0.414 e. The molecule has 1 atom stereocenters. The lowest BCUT2D eigenvalue weighted by Gasteiger charge is -1.99. The molecule has 0 aliphatic rings. The van der Waals surface area contributed by atoms with E-state index in [1.165, 1.54) is 22.9 Å². The van der Waals surface area contributed by atoms with E-state index in [0.717, 1.165) is 5.75 Å². The van der Waals surface area contributed by atoms with Gasteiger partial charge in [-0.15, -0.1) is 10.2 Å². The fraction of sp³-hybridized carbons (Fsp3) is 0.333. The highest BCUT2D eigenvalue weighted by Gasteiger charge is 2.10. The summed E-state index contributed by atoms with van der Waals surface area (Å²) in [5.41, 5.74) is 8.15. The second-order valence-electron chi connectivity index (χ2n) is 3.97. The van der Waals surface area contributed by atoms with Crippen molar-refractivity contribution in [3.05, 3.63) is 41.3 Å². The summed E-state index contributed by atoms with van der Waals surface area (Å²) in [5, 5.41) is 8.39. The molecule has 2 rings (SSSR count). The maximum absolute atomic E-state index is 5.65. The molecule has 90 valence electrons. The van der Waals surface area contributed by atoms with Crippen molar-refractivity contribution in [1.29, 1.82) is 0 Å². The van der Waals surface area contributed by atoms with Crippen molar-refractivity contribution in [3.8, 4) is 0 Å². The molecule has 4 nitrogen and oxygen atoms in total. The van der Waals surface area contributed by atoms with Gasteiger partial charge in [-0.2, -0.15) is 0 Å². The minimum atomic E-state index is -0.212. The molecule has 2 N–H and O–H groups in total. The number of nitrogens with two attached hydrogens (primary N) is 1. The summed E-state index contributed by atoms with van der Waals surface area (Å²) in [6.07, 6.45) is 0. The number of rotatable bonds is 4. The first-order valence-corrected chi connectivity index (χ1v) is 6.41. The summed E-state index contributed by atoms with van der Waals surface area (Å²) < 4.78 is 5.41.